The summed E-state index contributed by atoms with van der Waals surface area (Å²) in [7, 11) is 0. The van der Waals surface area contributed by atoms with Crippen molar-refractivity contribution in [1.29, 1.82) is 0 Å². The molecule has 0 bridgehead atoms. The Morgan fingerprint density at radius 2 is 2.06 bits per heavy atom. The molecule has 0 aliphatic rings. The number of carbonyl (C=O) groups excluding carboxylic acids is 1. The zero-order valence-corrected chi connectivity index (χ0v) is 12.0. The molecule has 3 nitrogen and oxygen atoms in total. The van der Waals surface area contributed by atoms with Crippen LogP contribution in [-0.4, -0.2) is 10.9 Å². The number of anilines is 1. The maximum absolute atomic E-state index is 12.1. The molecular formula is C13H19BrN2O. The van der Waals surface area contributed by atoms with Crippen molar-refractivity contribution in [2.24, 2.45) is 5.92 Å². The molecule has 1 rings (SSSR count). The molecule has 0 aliphatic heterocycles. The fourth-order valence-corrected chi connectivity index (χ4v) is 2.17. The first-order valence-corrected chi connectivity index (χ1v) is 6.89. The number of rotatable bonds is 6. The maximum Gasteiger partial charge on any atom is 0.227 e. The lowest BCUT2D eigenvalue weighted by molar-refractivity contribution is -0.120. The van der Waals surface area contributed by atoms with Crippen LogP contribution in [0.2, 0.25) is 0 Å². The third kappa shape index (κ3) is 4.46. The first-order chi connectivity index (χ1) is 8.19. The van der Waals surface area contributed by atoms with E-state index in [2.05, 4.69) is 40.1 Å². The van der Waals surface area contributed by atoms with Gasteiger partial charge in [-0.25, -0.2) is 4.98 Å². The summed E-state index contributed by atoms with van der Waals surface area (Å²) >= 11 is 3.33. The van der Waals surface area contributed by atoms with Gasteiger partial charge < -0.3 is 5.32 Å². The average Bonchev–Trinajstić information content (AvgIpc) is 2.32. The standard InChI is InChI=1S/C13H19BrN2O/c1-3-6-10(7-4-2)13(17)16-11-8-5-9-15-12(11)14/h5,8-10H,3-4,6-7H2,1-2H3,(H,16,17). The molecule has 0 saturated carbocycles. The molecule has 1 aromatic heterocycles. The Kier molecular flexibility index (Phi) is 6.19. The molecule has 1 aromatic rings. The lowest BCUT2D eigenvalue weighted by atomic mass is 9.97. The molecule has 0 atom stereocenters. The minimum atomic E-state index is 0.0994. The summed E-state index contributed by atoms with van der Waals surface area (Å²) in [4.78, 5) is 16.2. The molecule has 94 valence electrons. The van der Waals surface area contributed by atoms with E-state index in [1.165, 1.54) is 0 Å². The van der Waals surface area contributed by atoms with E-state index < -0.39 is 0 Å². The molecule has 4 heteroatoms. The predicted molar refractivity (Wildman–Crippen MR) is 73.9 cm³/mol. The number of nitrogens with zero attached hydrogens (tertiary/aromatic N) is 1. The molecule has 0 unspecified atom stereocenters. The number of halogens is 1. The number of nitrogens with one attached hydrogen (secondary N) is 1. The third-order valence-electron chi connectivity index (χ3n) is 2.66. The van der Waals surface area contributed by atoms with Crippen LogP contribution in [0.5, 0.6) is 0 Å². The van der Waals surface area contributed by atoms with Crippen LogP contribution in [0.15, 0.2) is 22.9 Å². The first kappa shape index (κ1) is 14.2. The van der Waals surface area contributed by atoms with E-state index in [1.807, 2.05) is 12.1 Å². The van der Waals surface area contributed by atoms with Crippen LogP contribution >= 0.6 is 15.9 Å². The van der Waals surface area contributed by atoms with Crippen molar-refractivity contribution in [3.63, 3.8) is 0 Å². The quantitative estimate of drug-likeness (QED) is 0.807. The SMILES string of the molecule is CCCC(CCC)C(=O)Nc1cccnc1Br. The Hall–Kier alpha value is -0.900. The van der Waals surface area contributed by atoms with Crippen molar-refractivity contribution in [3.8, 4) is 0 Å². The van der Waals surface area contributed by atoms with Crippen molar-refractivity contribution in [1.82, 2.24) is 4.98 Å². The second-order valence-electron chi connectivity index (χ2n) is 4.11. The van der Waals surface area contributed by atoms with Crippen LogP contribution in [0, 0.1) is 5.92 Å². The van der Waals surface area contributed by atoms with Crippen molar-refractivity contribution >= 4 is 27.5 Å². The molecule has 0 fully saturated rings. The Morgan fingerprint density at radius 1 is 1.41 bits per heavy atom. The van der Waals surface area contributed by atoms with Crippen molar-refractivity contribution < 1.29 is 4.79 Å². The minimum absolute atomic E-state index is 0.0994. The van der Waals surface area contributed by atoms with Gasteiger partial charge in [0.1, 0.15) is 4.60 Å². The predicted octanol–water partition coefficient (Wildman–Crippen LogP) is 4.00. The lowest BCUT2D eigenvalue weighted by Gasteiger charge is -2.15. The smallest absolute Gasteiger partial charge is 0.227 e. The van der Waals surface area contributed by atoms with E-state index in [-0.39, 0.29) is 11.8 Å². The van der Waals surface area contributed by atoms with Gasteiger partial charge in [0, 0.05) is 12.1 Å². The van der Waals surface area contributed by atoms with Gasteiger partial charge in [0.05, 0.1) is 5.69 Å². The molecule has 0 aromatic carbocycles. The fraction of sp³-hybridized carbons (Fsp3) is 0.538. The maximum atomic E-state index is 12.1. The highest BCUT2D eigenvalue weighted by Gasteiger charge is 2.17. The molecule has 1 N–H and O–H groups in total. The Labute approximate surface area is 111 Å². The number of aromatic nitrogens is 1. The van der Waals surface area contributed by atoms with Crippen molar-refractivity contribution in [3.05, 3.63) is 22.9 Å². The average molecular weight is 299 g/mol. The topological polar surface area (TPSA) is 42.0 Å². The van der Waals surface area contributed by atoms with Crippen LogP contribution < -0.4 is 5.32 Å². The van der Waals surface area contributed by atoms with E-state index in [0.717, 1.165) is 31.4 Å². The van der Waals surface area contributed by atoms with Gasteiger partial charge in [0.15, 0.2) is 0 Å². The summed E-state index contributed by atoms with van der Waals surface area (Å²) in [6, 6.07) is 3.67. The highest BCUT2D eigenvalue weighted by molar-refractivity contribution is 9.10. The number of hydrogen-bond donors (Lipinski definition) is 1. The molecule has 0 saturated heterocycles. The van der Waals surface area contributed by atoms with Crippen LogP contribution in [0.4, 0.5) is 5.69 Å². The summed E-state index contributed by atoms with van der Waals surface area (Å²) in [5, 5.41) is 2.93. The van der Waals surface area contributed by atoms with Crippen LogP contribution in [0.3, 0.4) is 0 Å². The monoisotopic (exact) mass is 298 g/mol. The molecule has 0 spiro atoms. The lowest BCUT2D eigenvalue weighted by Crippen LogP contribution is -2.23. The second kappa shape index (κ2) is 7.43. The van der Waals surface area contributed by atoms with Gasteiger partial charge in [-0.05, 0) is 40.9 Å². The largest absolute Gasteiger partial charge is 0.324 e. The zero-order valence-electron chi connectivity index (χ0n) is 10.4. The van der Waals surface area contributed by atoms with E-state index in [0.29, 0.717) is 4.60 Å². The number of carbonyl (C=O) groups is 1. The zero-order chi connectivity index (χ0) is 12.7. The van der Waals surface area contributed by atoms with Gasteiger partial charge in [-0.1, -0.05) is 26.7 Å². The molecule has 17 heavy (non-hydrogen) atoms. The van der Waals surface area contributed by atoms with Crippen LogP contribution in [0.1, 0.15) is 39.5 Å². The van der Waals surface area contributed by atoms with Crippen molar-refractivity contribution in [2.45, 2.75) is 39.5 Å². The Bertz CT molecular complexity index is 362. The molecular weight excluding hydrogens is 280 g/mol. The van der Waals surface area contributed by atoms with E-state index in [1.54, 1.807) is 6.20 Å². The second-order valence-corrected chi connectivity index (χ2v) is 4.86. The summed E-state index contributed by atoms with van der Waals surface area (Å²) in [6.07, 6.45) is 5.64. The van der Waals surface area contributed by atoms with Gasteiger partial charge in [-0.2, -0.15) is 0 Å². The van der Waals surface area contributed by atoms with Gasteiger partial charge in [0.25, 0.3) is 0 Å². The third-order valence-corrected chi connectivity index (χ3v) is 3.29. The number of hydrogen-bond acceptors (Lipinski definition) is 2. The number of pyridine rings is 1. The Morgan fingerprint density at radius 3 is 2.59 bits per heavy atom. The highest BCUT2D eigenvalue weighted by atomic mass is 79.9. The highest BCUT2D eigenvalue weighted by Crippen LogP contribution is 2.21. The van der Waals surface area contributed by atoms with Gasteiger partial charge in [-0.3, -0.25) is 4.79 Å². The normalized spacial score (nSPS) is 10.6. The molecule has 1 heterocycles. The van der Waals surface area contributed by atoms with E-state index in [9.17, 15) is 4.79 Å². The van der Waals surface area contributed by atoms with Gasteiger partial charge in [-0.15, -0.1) is 0 Å². The summed E-state index contributed by atoms with van der Waals surface area (Å²) in [6.45, 7) is 4.21. The van der Waals surface area contributed by atoms with Gasteiger partial charge in [0.2, 0.25) is 5.91 Å². The molecule has 0 radical (unpaired) electrons. The first-order valence-electron chi connectivity index (χ1n) is 6.10. The number of amides is 1. The summed E-state index contributed by atoms with van der Waals surface area (Å²) < 4.78 is 0.681. The van der Waals surface area contributed by atoms with E-state index >= 15 is 0 Å². The molecule has 0 aliphatic carbocycles. The fourth-order valence-electron chi connectivity index (χ4n) is 1.82. The van der Waals surface area contributed by atoms with E-state index in [4.69, 9.17) is 0 Å². The van der Waals surface area contributed by atoms with Crippen molar-refractivity contribution in [2.75, 3.05) is 5.32 Å². The van der Waals surface area contributed by atoms with Gasteiger partial charge >= 0.3 is 0 Å². The summed E-state index contributed by atoms with van der Waals surface area (Å²) in [5.74, 6) is 0.208. The molecule has 1 amide bonds. The minimum Gasteiger partial charge on any atom is -0.324 e. The van der Waals surface area contributed by atoms with Crippen LogP contribution in [-0.2, 0) is 4.79 Å². The van der Waals surface area contributed by atoms with Crippen LogP contribution in [0.25, 0.3) is 0 Å². The summed E-state index contributed by atoms with van der Waals surface area (Å²) in [5.41, 5.74) is 0.745. The Balaban J connectivity index is 2.66.